The topological polar surface area (TPSA) is 43.1 Å². The fourth-order valence-corrected chi connectivity index (χ4v) is 1.94. The van der Waals surface area contributed by atoms with Crippen molar-refractivity contribution in [2.24, 2.45) is 0 Å². The summed E-state index contributed by atoms with van der Waals surface area (Å²) in [6.45, 7) is 0. The minimum atomic E-state index is -0.119. The quantitative estimate of drug-likeness (QED) is 0.593. The van der Waals surface area contributed by atoms with Gasteiger partial charge in [0.15, 0.2) is 17.0 Å². The number of benzene rings is 2. The summed E-state index contributed by atoms with van der Waals surface area (Å²) in [5.74, 6) is 0.512. The molecule has 0 radical (unpaired) electrons. The summed E-state index contributed by atoms with van der Waals surface area (Å²) >= 11 is 3.36. The highest BCUT2D eigenvalue weighted by Gasteiger charge is 2.11. The van der Waals surface area contributed by atoms with E-state index in [1.807, 2.05) is 18.2 Å². The fourth-order valence-electron chi connectivity index (χ4n) is 1.60. The second-order valence-corrected chi connectivity index (χ2v) is 4.34. The van der Waals surface area contributed by atoms with Gasteiger partial charge in [0, 0.05) is 4.47 Å². The Morgan fingerprint density at radius 2 is 2.06 bits per heavy atom. The van der Waals surface area contributed by atoms with Gasteiger partial charge in [0.25, 0.3) is 0 Å². The van der Waals surface area contributed by atoms with Crippen molar-refractivity contribution < 1.29 is 4.42 Å². The van der Waals surface area contributed by atoms with Gasteiger partial charge in [-0.2, -0.15) is 0 Å². The van der Waals surface area contributed by atoms with Gasteiger partial charge in [0.05, 0.1) is 0 Å². The lowest BCUT2D eigenvalue weighted by Crippen LogP contribution is -2.05. The van der Waals surface area contributed by atoms with Crippen molar-refractivity contribution >= 4 is 27.0 Å². The van der Waals surface area contributed by atoms with Crippen molar-refractivity contribution in [3.8, 4) is 11.5 Å². The summed E-state index contributed by atoms with van der Waals surface area (Å²) in [5, 5.41) is 0. The van der Waals surface area contributed by atoms with Crippen LogP contribution in [0.2, 0.25) is 0 Å². The molecule has 2 aliphatic rings. The van der Waals surface area contributed by atoms with Crippen LogP contribution in [-0.2, 0) is 0 Å². The number of nitrogens with zero attached hydrogens (tertiary/aromatic N) is 1. The van der Waals surface area contributed by atoms with Crippen molar-refractivity contribution in [2.45, 2.75) is 0 Å². The zero-order chi connectivity index (χ0) is 11.1. The van der Waals surface area contributed by atoms with Crippen molar-refractivity contribution in [2.75, 3.05) is 0 Å². The van der Waals surface area contributed by atoms with Gasteiger partial charge in [0.1, 0.15) is 5.52 Å². The van der Waals surface area contributed by atoms with Crippen LogP contribution in [0, 0.1) is 0 Å². The molecule has 0 spiro atoms. The minimum Gasteiger partial charge on any atom is -0.453 e. The Hall–Kier alpha value is -1.68. The number of para-hydroxylation sites is 1. The van der Waals surface area contributed by atoms with E-state index in [4.69, 9.17) is 4.42 Å². The van der Waals surface area contributed by atoms with Crippen LogP contribution in [0.4, 0.5) is 0 Å². The van der Waals surface area contributed by atoms with E-state index >= 15 is 0 Å². The molecule has 1 aliphatic heterocycles. The third kappa shape index (κ3) is 1.42. The van der Waals surface area contributed by atoms with E-state index in [0.717, 1.165) is 4.47 Å². The molecule has 0 N–H and O–H groups in total. The Bertz CT molecular complexity index is 705. The van der Waals surface area contributed by atoms with Gasteiger partial charge in [-0.25, -0.2) is 4.98 Å². The van der Waals surface area contributed by atoms with E-state index < -0.39 is 0 Å². The van der Waals surface area contributed by atoms with Crippen LogP contribution < -0.4 is 5.43 Å². The summed E-state index contributed by atoms with van der Waals surface area (Å²) in [4.78, 5) is 15.8. The van der Waals surface area contributed by atoms with Crippen LogP contribution in [0.25, 0.3) is 22.6 Å². The van der Waals surface area contributed by atoms with Crippen LogP contribution in [0.5, 0.6) is 0 Å². The van der Waals surface area contributed by atoms with Gasteiger partial charge in [-0.3, -0.25) is 4.79 Å². The molecule has 1 aromatic rings. The molecule has 3 rings (SSSR count). The second kappa shape index (κ2) is 3.42. The first-order valence-corrected chi connectivity index (χ1v) is 5.52. The average Bonchev–Trinajstić information content (AvgIpc) is 2.27. The van der Waals surface area contributed by atoms with E-state index in [9.17, 15) is 4.79 Å². The molecular formula is C12H6BrNO2. The zero-order valence-electron chi connectivity index (χ0n) is 8.11. The molecule has 0 unspecified atom stereocenters. The first-order valence-electron chi connectivity index (χ1n) is 4.73. The van der Waals surface area contributed by atoms with Crippen LogP contribution >= 0.6 is 15.9 Å². The average molecular weight is 276 g/mol. The molecule has 0 saturated carbocycles. The molecule has 4 heteroatoms. The largest absolute Gasteiger partial charge is 0.453 e. The summed E-state index contributed by atoms with van der Waals surface area (Å²) < 4.78 is 6.53. The Balaban J connectivity index is 2.50. The molecule has 0 amide bonds. The number of hydrogen-bond acceptors (Lipinski definition) is 3. The van der Waals surface area contributed by atoms with Gasteiger partial charge in [-0.05, 0) is 30.3 Å². The lowest BCUT2D eigenvalue weighted by atomic mass is 10.2. The predicted molar refractivity (Wildman–Crippen MR) is 64.6 cm³/mol. The lowest BCUT2D eigenvalue weighted by molar-refractivity contribution is 0.612. The number of fused-ring (bicyclic) bond motifs is 2. The molecular weight excluding hydrogens is 270 g/mol. The number of halogens is 1. The maximum Gasteiger partial charge on any atom is 0.208 e. The second-order valence-electron chi connectivity index (χ2n) is 3.43. The normalized spacial score (nSPS) is 11.1. The summed E-state index contributed by atoms with van der Waals surface area (Å²) in [5.41, 5.74) is 1.59. The van der Waals surface area contributed by atoms with Crippen LogP contribution in [0.1, 0.15) is 0 Å². The van der Waals surface area contributed by atoms with Gasteiger partial charge >= 0.3 is 0 Å². The van der Waals surface area contributed by atoms with E-state index in [1.165, 1.54) is 6.07 Å². The highest BCUT2D eigenvalue weighted by Crippen LogP contribution is 2.24. The number of hydrogen-bond donors (Lipinski definition) is 0. The number of rotatable bonds is 0. The van der Waals surface area contributed by atoms with Crippen LogP contribution in [0.3, 0.4) is 0 Å². The van der Waals surface area contributed by atoms with Crippen LogP contribution in [-0.4, -0.2) is 4.98 Å². The predicted octanol–water partition coefficient (Wildman–Crippen LogP) is 3.06. The molecule has 0 atom stereocenters. The first kappa shape index (κ1) is 9.54. The summed E-state index contributed by atoms with van der Waals surface area (Å²) in [7, 11) is 0. The summed E-state index contributed by atoms with van der Waals surface area (Å²) in [6.07, 6.45) is 0. The maximum atomic E-state index is 11.6. The molecule has 1 aliphatic carbocycles. The maximum absolute atomic E-state index is 11.6. The molecule has 0 bridgehead atoms. The van der Waals surface area contributed by atoms with Gasteiger partial charge in [0.2, 0.25) is 5.43 Å². The van der Waals surface area contributed by atoms with Gasteiger partial charge < -0.3 is 4.42 Å². The smallest absolute Gasteiger partial charge is 0.208 e. The van der Waals surface area contributed by atoms with E-state index in [1.54, 1.807) is 12.1 Å². The third-order valence-corrected chi connectivity index (χ3v) is 2.83. The van der Waals surface area contributed by atoms with E-state index in [2.05, 4.69) is 20.9 Å². The molecule has 1 aromatic carbocycles. The van der Waals surface area contributed by atoms with Gasteiger partial charge in [-0.1, -0.05) is 22.0 Å². The SMILES string of the molecule is O=c1cccc2oc3cc(Br)ccc3nc1-2. The highest BCUT2D eigenvalue weighted by atomic mass is 79.9. The molecule has 1 heterocycles. The highest BCUT2D eigenvalue weighted by molar-refractivity contribution is 9.10. The Kier molecular flexibility index (Phi) is 2.04. The first-order chi connectivity index (χ1) is 7.74. The third-order valence-electron chi connectivity index (χ3n) is 2.34. The molecule has 0 aromatic heterocycles. The molecule has 0 fully saturated rings. The Morgan fingerprint density at radius 3 is 2.94 bits per heavy atom. The molecule has 3 nitrogen and oxygen atoms in total. The minimum absolute atomic E-state index is 0.119. The zero-order valence-corrected chi connectivity index (χ0v) is 9.69. The van der Waals surface area contributed by atoms with Crippen molar-refractivity contribution in [3.63, 3.8) is 0 Å². The lowest BCUT2D eigenvalue weighted by Gasteiger charge is -2.04. The van der Waals surface area contributed by atoms with E-state index in [0.29, 0.717) is 22.6 Å². The Labute approximate surface area is 99.2 Å². The van der Waals surface area contributed by atoms with Crippen LogP contribution in [0.15, 0.2) is 50.1 Å². The molecule has 0 saturated heterocycles. The van der Waals surface area contributed by atoms with Crippen molar-refractivity contribution in [3.05, 3.63) is 51.1 Å². The Morgan fingerprint density at radius 1 is 1.19 bits per heavy atom. The molecule has 78 valence electrons. The van der Waals surface area contributed by atoms with Crippen molar-refractivity contribution in [1.29, 1.82) is 0 Å². The van der Waals surface area contributed by atoms with Gasteiger partial charge in [-0.15, -0.1) is 0 Å². The molecule has 16 heavy (non-hydrogen) atoms. The summed E-state index contributed by atoms with van der Waals surface area (Å²) in [6, 6.07) is 10.4. The standard InChI is InChI=1S/C12H6BrNO2/c13-7-4-5-8-11(6-7)16-10-3-1-2-9(15)12(10)14-8/h1-6H. The van der Waals surface area contributed by atoms with E-state index in [-0.39, 0.29) is 5.43 Å². The monoisotopic (exact) mass is 275 g/mol. The number of aromatic nitrogens is 1. The van der Waals surface area contributed by atoms with Crippen molar-refractivity contribution in [1.82, 2.24) is 4.98 Å². The fraction of sp³-hybridized carbons (Fsp3) is 0.